The summed E-state index contributed by atoms with van der Waals surface area (Å²) < 4.78 is 5.66. The normalized spacial score (nSPS) is 12.2. The minimum Gasteiger partial charge on any atom is -0.492 e. The third kappa shape index (κ3) is 4.11. The van der Waals surface area contributed by atoms with E-state index in [2.05, 4.69) is 5.43 Å². The SMILES string of the molecule is NNC(COc1ccc(Cl)cc1)c1cccc(Cl)c1. The van der Waals surface area contributed by atoms with E-state index in [1.54, 1.807) is 12.1 Å². The van der Waals surface area contributed by atoms with Crippen molar-refractivity contribution in [3.63, 3.8) is 0 Å². The summed E-state index contributed by atoms with van der Waals surface area (Å²) in [6.45, 7) is 0.401. The maximum absolute atomic E-state index is 5.96. The number of hydrogen-bond acceptors (Lipinski definition) is 3. The highest BCUT2D eigenvalue weighted by Crippen LogP contribution is 2.20. The molecule has 0 spiro atoms. The average Bonchev–Trinajstić information content (AvgIpc) is 2.42. The Balaban J connectivity index is 2.01. The second-order valence-electron chi connectivity index (χ2n) is 4.04. The maximum Gasteiger partial charge on any atom is 0.119 e. The standard InChI is InChI=1S/C14H14Cl2N2O/c15-11-4-6-13(7-5-11)19-9-14(18-17)10-2-1-3-12(16)8-10/h1-8,14,18H,9,17H2. The summed E-state index contributed by atoms with van der Waals surface area (Å²) in [5.41, 5.74) is 3.69. The molecule has 0 amide bonds. The Morgan fingerprint density at radius 2 is 1.79 bits per heavy atom. The highest BCUT2D eigenvalue weighted by Gasteiger charge is 2.10. The molecule has 0 aromatic heterocycles. The Hall–Kier alpha value is -1.26. The van der Waals surface area contributed by atoms with E-state index in [1.165, 1.54) is 0 Å². The van der Waals surface area contributed by atoms with Crippen LogP contribution in [0.2, 0.25) is 10.0 Å². The highest BCUT2D eigenvalue weighted by molar-refractivity contribution is 6.30. The Morgan fingerprint density at radius 1 is 1.05 bits per heavy atom. The molecule has 1 unspecified atom stereocenters. The van der Waals surface area contributed by atoms with Gasteiger partial charge in [-0.25, -0.2) is 5.43 Å². The van der Waals surface area contributed by atoms with Crippen molar-refractivity contribution in [2.75, 3.05) is 6.61 Å². The molecule has 0 saturated heterocycles. The number of hydrogen-bond donors (Lipinski definition) is 2. The summed E-state index contributed by atoms with van der Waals surface area (Å²) in [6, 6.07) is 14.6. The van der Waals surface area contributed by atoms with Crippen molar-refractivity contribution in [1.29, 1.82) is 0 Å². The molecule has 2 aromatic rings. The van der Waals surface area contributed by atoms with Gasteiger partial charge in [0.2, 0.25) is 0 Å². The molecule has 1 atom stereocenters. The molecule has 0 radical (unpaired) electrons. The van der Waals surface area contributed by atoms with Crippen LogP contribution in [0, 0.1) is 0 Å². The van der Waals surface area contributed by atoms with Gasteiger partial charge in [0, 0.05) is 10.0 Å². The monoisotopic (exact) mass is 296 g/mol. The molecule has 0 saturated carbocycles. The Labute approximate surface area is 122 Å². The predicted octanol–water partition coefficient (Wildman–Crippen LogP) is 3.58. The molecule has 0 fully saturated rings. The number of ether oxygens (including phenoxy) is 1. The summed E-state index contributed by atoms with van der Waals surface area (Å²) in [6.07, 6.45) is 0. The van der Waals surface area contributed by atoms with Crippen LogP contribution in [-0.2, 0) is 0 Å². The van der Waals surface area contributed by atoms with Gasteiger partial charge in [0.1, 0.15) is 12.4 Å². The van der Waals surface area contributed by atoms with Crippen molar-refractivity contribution in [3.05, 3.63) is 64.1 Å². The maximum atomic E-state index is 5.96. The van der Waals surface area contributed by atoms with Gasteiger partial charge in [0.15, 0.2) is 0 Å². The summed E-state index contributed by atoms with van der Waals surface area (Å²) in [4.78, 5) is 0. The van der Waals surface area contributed by atoms with E-state index >= 15 is 0 Å². The fraction of sp³-hybridized carbons (Fsp3) is 0.143. The first kappa shape index (κ1) is 14.2. The van der Waals surface area contributed by atoms with Gasteiger partial charge in [-0.05, 0) is 42.0 Å². The van der Waals surface area contributed by atoms with Gasteiger partial charge in [-0.2, -0.15) is 0 Å². The summed E-state index contributed by atoms with van der Waals surface area (Å²) in [5.74, 6) is 6.29. The van der Waals surface area contributed by atoms with Crippen LogP contribution in [0.15, 0.2) is 48.5 Å². The Kier molecular flexibility index (Phi) is 5.05. The Morgan fingerprint density at radius 3 is 2.42 bits per heavy atom. The smallest absolute Gasteiger partial charge is 0.119 e. The van der Waals surface area contributed by atoms with Crippen LogP contribution in [0.1, 0.15) is 11.6 Å². The minimum absolute atomic E-state index is 0.130. The van der Waals surface area contributed by atoms with Crippen molar-refractivity contribution in [2.24, 2.45) is 5.84 Å². The summed E-state index contributed by atoms with van der Waals surface area (Å²) in [5, 5.41) is 1.35. The molecule has 0 aliphatic rings. The fourth-order valence-corrected chi connectivity index (χ4v) is 2.00. The molecule has 3 nitrogen and oxygen atoms in total. The van der Waals surface area contributed by atoms with Crippen molar-refractivity contribution in [3.8, 4) is 5.75 Å². The van der Waals surface area contributed by atoms with Gasteiger partial charge in [0.05, 0.1) is 6.04 Å². The molecule has 100 valence electrons. The third-order valence-corrected chi connectivity index (χ3v) is 3.17. The van der Waals surface area contributed by atoms with Crippen molar-refractivity contribution in [2.45, 2.75) is 6.04 Å². The molecule has 2 rings (SSSR count). The van der Waals surface area contributed by atoms with Crippen LogP contribution in [0.25, 0.3) is 0 Å². The molecule has 0 bridgehead atoms. The van der Waals surface area contributed by atoms with Crippen LogP contribution in [0.4, 0.5) is 0 Å². The van der Waals surface area contributed by atoms with E-state index in [4.69, 9.17) is 33.8 Å². The largest absolute Gasteiger partial charge is 0.492 e. The van der Waals surface area contributed by atoms with Gasteiger partial charge < -0.3 is 4.74 Å². The van der Waals surface area contributed by atoms with E-state index in [-0.39, 0.29) is 6.04 Å². The lowest BCUT2D eigenvalue weighted by atomic mass is 10.1. The zero-order valence-corrected chi connectivity index (χ0v) is 11.7. The van der Waals surface area contributed by atoms with E-state index in [9.17, 15) is 0 Å². The summed E-state index contributed by atoms with van der Waals surface area (Å²) >= 11 is 11.8. The van der Waals surface area contributed by atoms with Gasteiger partial charge >= 0.3 is 0 Å². The summed E-state index contributed by atoms with van der Waals surface area (Å²) in [7, 11) is 0. The lowest BCUT2D eigenvalue weighted by molar-refractivity contribution is 0.267. The van der Waals surface area contributed by atoms with E-state index in [0.29, 0.717) is 16.7 Å². The van der Waals surface area contributed by atoms with Gasteiger partial charge in [0.25, 0.3) is 0 Å². The minimum atomic E-state index is -0.130. The molecular weight excluding hydrogens is 283 g/mol. The molecular formula is C14H14Cl2N2O. The van der Waals surface area contributed by atoms with Crippen molar-refractivity contribution < 1.29 is 4.74 Å². The average molecular weight is 297 g/mol. The van der Waals surface area contributed by atoms with Gasteiger partial charge in [-0.3, -0.25) is 5.84 Å². The van der Waals surface area contributed by atoms with E-state index in [0.717, 1.165) is 11.3 Å². The molecule has 0 aliphatic carbocycles. The first-order chi connectivity index (χ1) is 9.19. The van der Waals surface area contributed by atoms with E-state index in [1.807, 2.05) is 36.4 Å². The van der Waals surface area contributed by atoms with Crippen LogP contribution in [-0.4, -0.2) is 6.61 Å². The third-order valence-electron chi connectivity index (χ3n) is 2.68. The number of rotatable bonds is 5. The zero-order chi connectivity index (χ0) is 13.7. The fourth-order valence-electron chi connectivity index (χ4n) is 1.67. The van der Waals surface area contributed by atoms with Crippen molar-refractivity contribution >= 4 is 23.2 Å². The van der Waals surface area contributed by atoms with Crippen LogP contribution in [0.5, 0.6) is 5.75 Å². The predicted molar refractivity (Wildman–Crippen MR) is 78.5 cm³/mol. The zero-order valence-electron chi connectivity index (χ0n) is 10.1. The molecule has 0 heterocycles. The molecule has 19 heavy (non-hydrogen) atoms. The second-order valence-corrected chi connectivity index (χ2v) is 4.91. The molecule has 0 aliphatic heterocycles. The topological polar surface area (TPSA) is 47.3 Å². The van der Waals surface area contributed by atoms with Crippen LogP contribution in [0.3, 0.4) is 0 Å². The first-order valence-corrected chi connectivity index (χ1v) is 6.54. The Bertz CT molecular complexity index is 531. The number of nitrogens with one attached hydrogen (secondary N) is 1. The first-order valence-electron chi connectivity index (χ1n) is 5.79. The number of halogens is 2. The second kappa shape index (κ2) is 6.78. The van der Waals surface area contributed by atoms with Gasteiger partial charge in [-0.1, -0.05) is 35.3 Å². The number of nitrogens with two attached hydrogens (primary N) is 1. The quantitative estimate of drug-likeness (QED) is 0.655. The van der Waals surface area contributed by atoms with Crippen LogP contribution >= 0.6 is 23.2 Å². The molecule has 3 N–H and O–H groups in total. The van der Waals surface area contributed by atoms with Gasteiger partial charge in [-0.15, -0.1) is 0 Å². The van der Waals surface area contributed by atoms with E-state index < -0.39 is 0 Å². The lowest BCUT2D eigenvalue weighted by Gasteiger charge is -2.17. The number of benzene rings is 2. The molecule has 5 heteroatoms. The number of hydrazine groups is 1. The van der Waals surface area contributed by atoms with Crippen LogP contribution < -0.4 is 16.0 Å². The lowest BCUT2D eigenvalue weighted by Crippen LogP contribution is -2.32. The molecule has 2 aromatic carbocycles. The van der Waals surface area contributed by atoms with Crippen molar-refractivity contribution in [1.82, 2.24) is 5.43 Å². The highest BCUT2D eigenvalue weighted by atomic mass is 35.5.